The molecule has 2 aliphatic heterocycles. The Morgan fingerprint density at radius 2 is 0.902 bits per heavy atom. The van der Waals surface area contributed by atoms with E-state index in [2.05, 4.69) is 11.8 Å². The van der Waals surface area contributed by atoms with Gasteiger partial charge in [0.15, 0.2) is 29.2 Å². The molecule has 0 aliphatic carbocycles. The van der Waals surface area contributed by atoms with Gasteiger partial charge in [0.2, 0.25) is 0 Å². The number of hydrogen-bond donors (Lipinski definition) is 3. The topological polar surface area (TPSA) is 161 Å². The number of rotatable bonds is 12. The Labute approximate surface area is 388 Å². The Bertz CT molecular complexity index is 2410. The zero-order valence-corrected chi connectivity index (χ0v) is 38.8. The number of carboxylic acids is 1. The van der Waals surface area contributed by atoms with Crippen LogP contribution in [0.3, 0.4) is 0 Å². The molecule has 2 heterocycles. The molecule has 61 heavy (non-hydrogen) atoms. The first-order chi connectivity index (χ1) is 28.1. The number of likely N-dealkylation sites (tertiary alicyclic amines) is 2. The summed E-state index contributed by atoms with van der Waals surface area (Å²) in [5.41, 5.74) is 1.55. The highest BCUT2D eigenvalue weighted by Crippen LogP contribution is 2.39. The van der Waals surface area contributed by atoms with Gasteiger partial charge in [0.25, 0.3) is 5.91 Å². The van der Waals surface area contributed by atoms with Crippen molar-refractivity contribution in [2.45, 2.75) is 64.6 Å². The van der Waals surface area contributed by atoms with E-state index in [0.29, 0.717) is 49.3 Å². The van der Waals surface area contributed by atoms with Crippen LogP contribution < -0.4 is 5.48 Å². The average molecular weight is 988 g/mol. The number of terminal acetylenes is 2. The van der Waals surface area contributed by atoms with Crippen LogP contribution in [0.1, 0.15) is 25.7 Å². The number of sulfone groups is 2. The monoisotopic (exact) mass is 985 g/mol. The molecule has 0 atom stereocenters. The summed E-state index contributed by atoms with van der Waals surface area (Å²) in [5.74, 6) is 2.82. The molecular weight excluding hydrogens is 945 g/mol. The normalized spacial score (nSPS) is 16.1. The third kappa shape index (κ3) is 12.0. The van der Waals surface area contributed by atoms with Crippen molar-refractivity contribution in [3.63, 3.8) is 0 Å². The number of nitrogens with one attached hydrogen (secondary N) is 1. The summed E-state index contributed by atoms with van der Waals surface area (Å²) in [6.45, 7) is 2.13. The highest BCUT2D eigenvalue weighted by molar-refractivity contribution is 7.99. The third-order valence-corrected chi connectivity index (χ3v) is 17.8. The molecule has 11 nitrogen and oxygen atoms in total. The lowest BCUT2D eigenvalue weighted by Gasteiger charge is -2.38. The summed E-state index contributed by atoms with van der Waals surface area (Å²) in [5, 5.41) is 20.3. The second-order valence-electron chi connectivity index (χ2n) is 13.8. The zero-order chi connectivity index (χ0) is 42.8. The van der Waals surface area contributed by atoms with Crippen molar-refractivity contribution < 1.29 is 36.7 Å². The molecule has 326 valence electrons. The van der Waals surface area contributed by atoms with E-state index in [9.17, 15) is 36.7 Å². The fourth-order valence-electron chi connectivity index (χ4n) is 6.82. The smallest absolute Gasteiger partial charge is 0.325 e. The van der Waals surface area contributed by atoms with Gasteiger partial charge >= 0.3 is 5.97 Å². The van der Waals surface area contributed by atoms with Crippen LogP contribution in [0, 0.1) is 24.7 Å². The Hall–Kier alpha value is -3.42. The Kier molecular flexibility index (Phi) is 19.4. The Morgan fingerprint density at radius 3 is 1.20 bits per heavy atom. The number of benzene rings is 4. The summed E-state index contributed by atoms with van der Waals surface area (Å²) < 4.78 is 49.8. The van der Waals surface area contributed by atoms with Gasteiger partial charge in [-0.25, -0.2) is 22.3 Å². The summed E-state index contributed by atoms with van der Waals surface area (Å²) in [7, 11) is -8.11. The van der Waals surface area contributed by atoms with Crippen LogP contribution in [0.5, 0.6) is 0 Å². The molecule has 19 heteroatoms. The van der Waals surface area contributed by atoms with E-state index < -0.39 is 41.0 Å². The van der Waals surface area contributed by atoms with Gasteiger partial charge in [-0.1, -0.05) is 58.6 Å². The van der Waals surface area contributed by atoms with E-state index in [-0.39, 0.29) is 60.3 Å². The van der Waals surface area contributed by atoms with Crippen LogP contribution >= 0.6 is 71.5 Å². The largest absolute Gasteiger partial charge is 0.480 e. The number of aliphatic carboxylic acids is 1. The molecule has 2 aliphatic rings. The van der Waals surface area contributed by atoms with E-state index in [1.165, 1.54) is 47.8 Å². The molecule has 0 saturated carbocycles. The van der Waals surface area contributed by atoms with Crippen molar-refractivity contribution in [2.75, 3.05) is 39.3 Å². The molecule has 3 N–H and O–H groups in total. The van der Waals surface area contributed by atoms with Gasteiger partial charge in [-0.2, -0.15) is 0 Å². The highest BCUT2D eigenvalue weighted by atomic mass is 35.5. The van der Waals surface area contributed by atoms with Crippen LogP contribution in [-0.2, 0) is 29.3 Å². The van der Waals surface area contributed by atoms with E-state index in [1.54, 1.807) is 54.0 Å². The van der Waals surface area contributed by atoms with Gasteiger partial charge in [-0.3, -0.25) is 24.6 Å². The van der Waals surface area contributed by atoms with Gasteiger partial charge in [-0.05, 0) is 123 Å². The summed E-state index contributed by atoms with van der Waals surface area (Å²) in [4.78, 5) is 32.0. The molecule has 1 amide bonds. The molecule has 0 spiro atoms. The first kappa shape index (κ1) is 51.9. The van der Waals surface area contributed by atoms with E-state index in [4.69, 9.17) is 36.0 Å². The number of amides is 1. The van der Waals surface area contributed by atoms with Crippen molar-refractivity contribution >= 4 is 103 Å². The van der Waals surface area contributed by atoms with Crippen molar-refractivity contribution in [1.82, 2.24) is 15.3 Å². The second-order valence-corrected chi connectivity index (χ2v) is 21.4. The Balaban J connectivity index is 0.000000315. The van der Waals surface area contributed by atoms with Gasteiger partial charge in [0.05, 0.1) is 22.9 Å². The fourth-order valence-corrected chi connectivity index (χ4v) is 12.6. The van der Waals surface area contributed by atoms with E-state index in [1.807, 2.05) is 34.1 Å². The van der Waals surface area contributed by atoms with Crippen LogP contribution in [0.2, 0.25) is 10.0 Å². The molecule has 0 unspecified atom stereocenters. The first-order valence-electron chi connectivity index (χ1n) is 18.2. The van der Waals surface area contributed by atoms with Crippen LogP contribution in [0.4, 0.5) is 0 Å². The van der Waals surface area contributed by atoms with Crippen LogP contribution in [0.25, 0.3) is 0 Å². The van der Waals surface area contributed by atoms with Crippen molar-refractivity contribution in [2.24, 2.45) is 0 Å². The number of carboxylic acid groups (broad SMARTS) is 1. The quantitative estimate of drug-likeness (QED) is 0.0717. The van der Waals surface area contributed by atoms with Crippen LogP contribution in [0.15, 0.2) is 126 Å². The van der Waals surface area contributed by atoms with Gasteiger partial charge in [0, 0.05) is 55.8 Å². The summed E-state index contributed by atoms with van der Waals surface area (Å²) in [6.07, 6.45) is 10.7. The average Bonchev–Trinajstić information content (AvgIpc) is 3.23. The number of carbonyl (C=O) groups is 2. The standard InChI is InChI=1S/C21H21ClN2O4S2.C21H20ClNO4S2.2ClH/c1-2-13-24-14-11-21(12-15-24,20(25)23-26)30(27,28)19-9-7-18(8-10-19)29-17-5-3-16(22)4-6-17;1-2-13-23-14-11-21(12-15-23,20(24)25)29(26,27)19-9-7-18(8-10-19)28-17-5-3-16(22)4-6-17;;/h1,3-10,26H,11-15H2,(H,23,25);1,3-10H,11-15H2,(H,24,25);2*1H. The highest BCUT2D eigenvalue weighted by Gasteiger charge is 2.54. The molecular formula is C42H43Cl4N3O8S4. The zero-order valence-electron chi connectivity index (χ0n) is 32.4. The summed E-state index contributed by atoms with van der Waals surface area (Å²) >= 11 is 14.7. The molecule has 2 fully saturated rings. The van der Waals surface area contributed by atoms with E-state index >= 15 is 0 Å². The number of nitrogens with zero attached hydrogens (tertiary/aromatic N) is 2. The third-order valence-electron chi connectivity index (χ3n) is 10.3. The lowest BCUT2D eigenvalue weighted by molar-refractivity contribution is -0.141. The SMILES string of the molecule is C#CCN1CCC(C(=O)NO)(S(=O)(=O)c2ccc(Sc3ccc(Cl)cc3)cc2)CC1.C#CCN1CCC(C(=O)O)(S(=O)(=O)c2ccc(Sc3ccc(Cl)cc3)cc2)CC1.Cl.Cl. The molecule has 2 saturated heterocycles. The Morgan fingerprint density at radius 1 is 0.607 bits per heavy atom. The molecule has 0 bridgehead atoms. The van der Waals surface area contributed by atoms with Crippen molar-refractivity contribution in [3.8, 4) is 24.7 Å². The minimum absolute atomic E-state index is 0. The maximum absolute atomic E-state index is 13.4. The number of halogens is 4. The summed E-state index contributed by atoms with van der Waals surface area (Å²) in [6, 6.07) is 27.4. The maximum atomic E-state index is 13.4. The van der Waals surface area contributed by atoms with E-state index in [0.717, 1.165) is 19.6 Å². The predicted octanol–water partition coefficient (Wildman–Crippen LogP) is 7.90. The number of carbonyl (C=O) groups excluding carboxylic acids is 1. The molecule has 4 aromatic carbocycles. The number of hydrogen-bond acceptors (Lipinski definition) is 11. The lowest BCUT2D eigenvalue weighted by atomic mass is 9.95. The van der Waals surface area contributed by atoms with Gasteiger partial charge < -0.3 is 5.11 Å². The minimum atomic E-state index is -4.06. The van der Waals surface area contributed by atoms with Crippen molar-refractivity contribution in [1.29, 1.82) is 0 Å². The number of piperidine rings is 2. The lowest BCUT2D eigenvalue weighted by Crippen LogP contribution is -2.57. The molecule has 0 aromatic heterocycles. The molecule has 4 aromatic rings. The van der Waals surface area contributed by atoms with Crippen LogP contribution in [-0.4, -0.2) is 97.6 Å². The first-order valence-corrected chi connectivity index (χ1v) is 23.5. The number of hydroxylamine groups is 1. The van der Waals surface area contributed by atoms with Gasteiger partial charge in [0.1, 0.15) is 0 Å². The predicted molar refractivity (Wildman–Crippen MR) is 245 cm³/mol. The van der Waals surface area contributed by atoms with Gasteiger partial charge in [-0.15, -0.1) is 37.7 Å². The maximum Gasteiger partial charge on any atom is 0.325 e. The molecule has 0 radical (unpaired) electrons. The van der Waals surface area contributed by atoms with Crippen molar-refractivity contribution in [3.05, 3.63) is 107 Å². The molecule has 6 rings (SSSR count). The fraction of sp³-hybridized carbons (Fsp3) is 0.286. The second kappa shape index (κ2) is 22.8. The minimum Gasteiger partial charge on any atom is -0.480 e.